The van der Waals surface area contributed by atoms with E-state index in [1.165, 1.54) is 24.3 Å². The second-order valence-corrected chi connectivity index (χ2v) is 6.10. The van der Waals surface area contributed by atoms with Gasteiger partial charge in [-0.2, -0.15) is 8.78 Å². The van der Waals surface area contributed by atoms with Crippen LogP contribution in [0.2, 0.25) is 5.02 Å². The van der Waals surface area contributed by atoms with Crippen molar-refractivity contribution in [2.24, 2.45) is 0 Å². The summed E-state index contributed by atoms with van der Waals surface area (Å²) in [7, 11) is 0. The molecule has 0 fully saturated rings. The van der Waals surface area contributed by atoms with Crippen LogP contribution in [0.25, 0.3) is 0 Å². The first-order valence-corrected chi connectivity index (χ1v) is 8.50. The van der Waals surface area contributed by atoms with Gasteiger partial charge in [-0.05, 0) is 55.5 Å². The van der Waals surface area contributed by atoms with Crippen molar-refractivity contribution in [2.75, 3.05) is 5.32 Å². The smallest absolute Gasteiger partial charge is 0.387 e. The van der Waals surface area contributed by atoms with Gasteiger partial charge in [0, 0.05) is 10.7 Å². The van der Waals surface area contributed by atoms with Gasteiger partial charge < -0.3 is 19.3 Å². The molecule has 0 radical (unpaired) electrons. The third-order valence-corrected chi connectivity index (χ3v) is 3.99. The molecule has 3 aromatic rings. The first-order chi connectivity index (χ1) is 13.4. The number of nitrogens with zero attached hydrogens (tertiary/aromatic N) is 1. The molecule has 1 heterocycles. The summed E-state index contributed by atoms with van der Waals surface area (Å²) in [5.74, 6) is 0.488. The number of rotatable bonds is 7. The van der Waals surface area contributed by atoms with Gasteiger partial charge in [0.2, 0.25) is 0 Å². The number of aryl methyl sites for hydroxylation is 1. The second kappa shape index (κ2) is 8.71. The van der Waals surface area contributed by atoms with E-state index in [2.05, 4.69) is 15.2 Å². The van der Waals surface area contributed by atoms with E-state index in [9.17, 15) is 13.6 Å². The van der Waals surface area contributed by atoms with Crippen molar-refractivity contribution >= 4 is 23.2 Å². The quantitative estimate of drug-likeness (QED) is 0.591. The number of anilines is 1. The molecule has 0 atom stereocenters. The lowest BCUT2D eigenvalue weighted by molar-refractivity contribution is -0.0498. The van der Waals surface area contributed by atoms with E-state index >= 15 is 0 Å². The molecule has 2 aromatic carbocycles. The first-order valence-electron chi connectivity index (χ1n) is 8.12. The van der Waals surface area contributed by atoms with Crippen LogP contribution in [-0.4, -0.2) is 17.7 Å². The average molecular weight is 409 g/mol. The van der Waals surface area contributed by atoms with Gasteiger partial charge in [-0.15, -0.1) is 0 Å². The molecular weight excluding hydrogens is 394 g/mol. The minimum atomic E-state index is -2.92. The topological polar surface area (TPSA) is 73.6 Å². The van der Waals surface area contributed by atoms with E-state index < -0.39 is 12.5 Å². The Bertz CT molecular complexity index is 944. The number of aromatic nitrogens is 1. The zero-order valence-electron chi connectivity index (χ0n) is 14.6. The van der Waals surface area contributed by atoms with Gasteiger partial charge in [0.15, 0.2) is 5.69 Å². The molecule has 0 spiro atoms. The summed E-state index contributed by atoms with van der Waals surface area (Å²) in [6, 6.07) is 12.3. The molecule has 0 aliphatic rings. The standard InChI is InChI=1S/C19H15ClF2N2O4/c1-11-16(10-26-14-6-2-12(20)3-7-14)17(24-28-11)18(25)23-13-4-8-15(9-5-13)27-19(21)22/h2-9,19H,10H2,1H3,(H,23,25). The van der Waals surface area contributed by atoms with Crippen molar-refractivity contribution in [3.8, 4) is 11.5 Å². The van der Waals surface area contributed by atoms with E-state index in [-0.39, 0.29) is 18.1 Å². The van der Waals surface area contributed by atoms with Crippen LogP contribution in [0, 0.1) is 6.92 Å². The van der Waals surface area contributed by atoms with E-state index in [0.29, 0.717) is 27.8 Å². The lowest BCUT2D eigenvalue weighted by Crippen LogP contribution is -2.15. The van der Waals surface area contributed by atoms with Crippen molar-refractivity contribution in [1.82, 2.24) is 5.16 Å². The molecule has 9 heteroatoms. The zero-order valence-corrected chi connectivity index (χ0v) is 15.4. The normalized spacial score (nSPS) is 10.8. The maximum Gasteiger partial charge on any atom is 0.387 e. The number of amides is 1. The molecule has 0 aliphatic carbocycles. The number of hydrogen-bond acceptors (Lipinski definition) is 5. The Hall–Kier alpha value is -3.13. The van der Waals surface area contributed by atoms with Crippen LogP contribution in [0.15, 0.2) is 53.1 Å². The SMILES string of the molecule is Cc1onc(C(=O)Nc2ccc(OC(F)F)cc2)c1COc1ccc(Cl)cc1. The Morgan fingerprint density at radius 1 is 1.14 bits per heavy atom. The maximum atomic E-state index is 12.5. The Balaban J connectivity index is 1.67. The summed E-state index contributed by atoms with van der Waals surface area (Å²) < 4.78 is 39.4. The lowest BCUT2D eigenvalue weighted by Gasteiger charge is -2.08. The number of benzene rings is 2. The van der Waals surface area contributed by atoms with E-state index in [1.54, 1.807) is 31.2 Å². The predicted molar refractivity (Wildman–Crippen MR) is 98.1 cm³/mol. The number of nitrogens with one attached hydrogen (secondary N) is 1. The average Bonchev–Trinajstić information content (AvgIpc) is 3.03. The van der Waals surface area contributed by atoms with Crippen molar-refractivity contribution < 1.29 is 27.6 Å². The van der Waals surface area contributed by atoms with Crippen LogP contribution in [0.3, 0.4) is 0 Å². The maximum absolute atomic E-state index is 12.5. The molecule has 6 nitrogen and oxygen atoms in total. The molecule has 1 N–H and O–H groups in total. The van der Waals surface area contributed by atoms with Crippen LogP contribution in [0.1, 0.15) is 21.8 Å². The second-order valence-electron chi connectivity index (χ2n) is 5.67. The Labute approximate surface area is 164 Å². The molecule has 28 heavy (non-hydrogen) atoms. The fourth-order valence-electron chi connectivity index (χ4n) is 2.34. The van der Waals surface area contributed by atoms with E-state index in [1.807, 2.05) is 0 Å². The molecule has 0 saturated carbocycles. The van der Waals surface area contributed by atoms with Crippen LogP contribution in [0.4, 0.5) is 14.5 Å². The number of carbonyl (C=O) groups is 1. The molecule has 3 rings (SSSR count). The summed E-state index contributed by atoms with van der Waals surface area (Å²) in [4.78, 5) is 12.5. The molecule has 0 bridgehead atoms. The molecular formula is C19H15ClF2N2O4. The van der Waals surface area contributed by atoms with Gasteiger partial charge in [-0.1, -0.05) is 16.8 Å². The summed E-state index contributed by atoms with van der Waals surface area (Å²) in [6.07, 6.45) is 0. The third kappa shape index (κ3) is 4.98. The van der Waals surface area contributed by atoms with Gasteiger partial charge in [-0.3, -0.25) is 4.79 Å². The number of halogens is 3. The number of alkyl halides is 2. The minimum Gasteiger partial charge on any atom is -0.489 e. The van der Waals surface area contributed by atoms with Crippen LogP contribution in [0.5, 0.6) is 11.5 Å². The first kappa shape index (κ1) is 19.6. The summed E-state index contributed by atoms with van der Waals surface area (Å²) in [5, 5.41) is 6.99. The Kier molecular flexibility index (Phi) is 6.10. The number of hydrogen-bond donors (Lipinski definition) is 1. The van der Waals surface area contributed by atoms with E-state index in [0.717, 1.165) is 0 Å². The fourth-order valence-corrected chi connectivity index (χ4v) is 2.46. The van der Waals surface area contributed by atoms with E-state index in [4.69, 9.17) is 20.9 Å². The predicted octanol–water partition coefficient (Wildman–Crippen LogP) is 5.07. The highest BCUT2D eigenvalue weighted by atomic mass is 35.5. The van der Waals surface area contributed by atoms with Gasteiger partial charge in [-0.25, -0.2) is 0 Å². The summed E-state index contributed by atoms with van der Waals surface area (Å²) in [6.45, 7) is -1.18. The van der Waals surface area contributed by atoms with Gasteiger partial charge >= 0.3 is 6.61 Å². The molecule has 1 aromatic heterocycles. The monoisotopic (exact) mass is 408 g/mol. The minimum absolute atomic E-state index is 0.0117. The Morgan fingerprint density at radius 2 is 1.79 bits per heavy atom. The highest BCUT2D eigenvalue weighted by Gasteiger charge is 2.20. The van der Waals surface area contributed by atoms with Crippen molar-refractivity contribution in [3.05, 3.63) is 70.6 Å². The van der Waals surface area contributed by atoms with Crippen LogP contribution >= 0.6 is 11.6 Å². The summed E-state index contributed by atoms with van der Waals surface area (Å²) in [5.41, 5.74) is 0.946. The third-order valence-electron chi connectivity index (χ3n) is 3.73. The van der Waals surface area contributed by atoms with Gasteiger partial charge in [0.1, 0.15) is 23.9 Å². The fraction of sp³-hybridized carbons (Fsp3) is 0.158. The summed E-state index contributed by atoms with van der Waals surface area (Å²) >= 11 is 5.84. The molecule has 0 aliphatic heterocycles. The molecule has 146 valence electrons. The molecule has 0 unspecified atom stereocenters. The van der Waals surface area contributed by atoms with Gasteiger partial charge in [0.25, 0.3) is 5.91 Å². The Morgan fingerprint density at radius 3 is 2.43 bits per heavy atom. The number of carbonyl (C=O) groups excluding carboxylic acids is 1. The van der Waals surface area contributed by atoms with Crippen LogP contribution in [-0.2, 0) is 6.61 Å². The van der Waals surface area contributed by atoms with Gasteiger partial charge in [0.05, 0.1) is 5.56 Å². The van der Waals surface area contributed by atoms with Crippen molar-refractivity contribution in [2.45, 2.75) is 20.1 Å². The molecule has 1 amide bonds. The van der Waals surface area contributed by atoms with Crippen molar-refractivity contribution in [3.63, 3.8) is 0 Å². The molecule has 0 saturated heterocycles. The highest BCUT2D eigenvalue weighted by Crippen LogP contribution is 2.22. The number of ether oxygens (including phenoxy) is 2. The largest absolute Gasteiger partial charge is 0.489 e. The highest BCUT2D eigenvalue weighted by molar-refractivity contribution is 6.30. The van der Waals surface area contributed by atoms with Crippen molar-refractivity contribution in [1.29, 1.82) is 0 Å². The zero-order chi connectivity index (χ0) is 20.1. The van der Waals surface area contributed by atoms with Crippen LogP contribution < -0.4 is 14.8 Å². The lowest BCUT2D eigenvalue weighted by atomic mass is 10.2.